The van der Waals surface area contributed by atoms with Gasteiger partial charge in [0.1, 0.15) is 6.23 Å². The standard InChI is InChI=1S/C8H16N2O/c1-7(9)5-10-6(11-2)8(7)3-4-8/h6,10H,3-5,9H2,1-2H3. The highest BCUT2D eigenvalue weighted by Gasteiger charge is 2.63. The molecular weight excluding hydrogens is 140 g/mol. The molecule has 0 bridgehead atoms. The lowest BCUT2D eigenvalue weighted by atomic mass is 9.86. The van der Waals surface area contributed by atoms with Crippen molar-refractivity contribution < 1.29 is 4.74 Å². The zero-order chi connectivity index (χ0) is 8.11. The SMILES string of the molecule is COC1NCC(C)(N)C12CC2. The van der Waals surface area contributed by atoms with E-state index in [9.17, 15) is 0 Å². The van der Waals surface area contributed by atoms with Gasteiger partial charge in [-0.25, -0.2) is 0 Å². The van der Waals surface area contributed by atoms with E-state index in [0.717, 1.165) is 6.54 Å². The molecule has 1 spiro atoms. The first kappa shape index (κ1) is 7.53. The van der Waals surface area contributed by atoms with Crippen LogP contribution in [-0.4, -0.2) is 25.4 Å². The van der Waals surface area contributed by atoms with E-state index in [2.05, 4.69) is 12.2 Å². The van der Waals surface area contributed by atoms with Gasteiger partial charge in [0, 0.05) is 24.6 Å². The summed E-state index contributed by atoms with van der Waals surface area (Å²) in [5, 5.41) is 3.30. The molecule has 1 saturated heterocycles. The quantitative estimate of drug-likeness (QED) is 0.564. The van der Waals surface area contributed by atoms with Crippen LogP contribution in [-0.2, 0) is 4.74 Å². The number of nitrogens with two attached hydrogens (primary N) is 1. The van der Waals surface area contributed by atoms with Crippen molar-refractivity contribution in [3.05, 3.63) is 0 Å². The Morgan fingerprint density at radius 2 is 2.18 bits per heavy atom. The summed E-state index contributed by atoms with van der Waals surface area (Å²) >= 11 is 0. The maximum atomic E-state index is 6.14. The second kappa shape index (κ2) is 1.97. The molecule has 0 aromatic heterocycles. The Balaban J connectivity index is 2.21. The molecule has 2 atom stereocenters. The van der Waals surface area contributed by atoms with Crippen LogP contribution < -0.4 is 11.1 Å². The van der Waals surface area contributed by atoms with E-state index in [1.165, 1.54) is 12.8 Å². The molecule has 3 N–H and O–H groups in total. The first-order valence-corrected chi connectivity index (χ1v) is 4.17. The van der Waals surface area contributed by atoms with Crippen LogP contribution in [0.1, 0.15) is 19.8 Å². The van der Waals surface area contributed by atoms with Gasteiger partial charge in [-0.2, -0.15) is 0 Å². The van der Waals surface area contributed by atoms with Crippen molar-refractivity contribution in [2.24, 2.45) is 11.1 Å². The third-order valence-electron chi connectivity index (χ3n) is 3.32. The molecule has 64 valence electrons. The number of hydrogen-bond acceptors (Lipinski definition) is 3. The largest absolute Gasteiger partial charge is 0.366 e. The Morgan fingerprint density at radius 3 is 2.55 bits per heavy atom. The maximum absolute atomic E-state index is 6.14. The zero-order valence-electron chi connectivity index (χ0n) is 7.18. The molecule has 1 aliphatic carbocycles. The van der Waals surface area contributed by atoms with Crippen molar-refractivity contribution in [2.45, 2.75) is 31.5 Å². The predicted octanol–water partition coefficient (Wildman–Crippen LogP) is 0.0597. The smallest absolute Gasteiger partial charge is 0.115 e. The fourth-order valence-electron chi connectivity index (χ4n) is 2.25. The van der Waals surface area contributed by atoms with Gasteiger partial charge in [0.15, 0.2) is 0 Å². The summed E-state index contributed by atoms with van der Waals surface area (Å²) in [5.74, 6) is 0. The number of rotatable bonds is 1. The van der Waals surface area contributed by atoms with E-state index in [4.69, 9.17) is 10.5 Å². The summed E-state index contributed by atoms with van der Waals surface area (Å²) in [6.45, 7) is 3.00. The van der Waals surface area contributed by atoms with Crippen molar-refractivity contribution in [1.82, 2.24) is 5.32 Å². The average molecular weight is 156 g/mol. The van der Waals surface area contributed by atoms with Crippen molar-refractivity contribution in [2.75, 3.05) is 13.7 Å². The molecule has 0 amide bonds. The number of hydrogen-bond donors (Lipinski definition) is 2. The van der Waals surface area contributed by atoms with E-state index in [0.29, 0.717) is 0 Å². The normalized spacial score (nSPS) is 46.6. The van der Waals surface area contributed by atoms with Gasteiger partial charge < -0.3 is 10.5 Å². The van der Waals surface area contributed by atoms with Crippen molar-refractivity contribution in [1.29, 1.82) is 0 Å². The fraction of sp³-hybridized carbons (Fsp3) is 1.00. The third kappa shape index (κ3) is 0.789. The Bertz CT molecular complexity index is 175. The second-order valence-electron chi connectivity index (χ2n) is 4.07. The van der Waals surface area contributed by atoms with Gasteiger partial charge in [-0.1, -0.05) is 0 Å². The fourth-order valence-corrected chi connectivity index (χ4v) is 2.25. The molecule has 3 heteroatoms. The number of methoxy groups -OCH3 is 1. The molecule has 1 saturated carbocycles. The van der Waals surface area contributed by atoms with Crippen LogP contribution >= 0.6 is 0 Å². The third-order valence-corrected chi connectivity index (χ3v) is 3.32. The zero-order valence-corrected chi connectivity index (χ0v) is 7.18. The Kier molecular flexibility index (Phi) is 1.35. The number of nitrogens with one attached hydrogen (secondary N) is 1. The lowest BCUT2D eigenvalue weighted by molar-refractivity contribution is 0.0313. The van der Waals surface area contributed by atoms with E-state index >= 15 is 0 Å². The molecule has 0 radical (unpaired) electrons. The van der Waals surface area contributed by atoms with Gasteiger partial charge in [0.25, 0.3) is 0 Å². The van der Waals surface area contributed by atoms with Gasteiger partial charge >= 0.3 is 0 Å². The molecule has 11 heavy (non-hydrogen) atoms. The van der Waals surface area contributed by atoms with Gasteiger partial charge in [-0.3, -0.25) is 5.32 Å². The van der Waals surface area contributed by atoms with Crippen LogP contribution in [0.5, 0.6) is 0 Å². The minimum Gasteiger partial charge on any atom is -0.366 e. The predicted molar refractivity (Wildman–Crippen MR) is 43.1 cm³/mol. The molecule has 2 aliphatic rings. The first-order valence-electron chi connectivity index (χ1n) is 4.17. The Hall–Kier alpha value is -0.120. The average Bonchev–Trinajstić information content (AvgIpc) is 2.65. The lowest BCUT2D eigenvalue weighted by Gasteiger charge is -2.28. The summed E-state index contributed by atoms with van der Waals surface area (Å²) in [5.41, 5.74) is 6.33. The maximum Gasteiger partial charge on any atom is 0.115 e. The van der Waals surface area contributed by atoms with E-state index in [1.54, 1.807) is 7.11 Å². The number of ether oxygens (including phenoxy) is 1. The molecule has 0 aromatic rings. The summed E-state index contributed by atoms with van der Waals surface area (Å²) in [6.07, 6.45) is 2.62. The van der Waals surface area contributed by atoms with Crippen molar-refractivity contribution >= 4 is 0 Å². The van der Waals surface area contributed by atoms with Crippen LogP contribution in [0.15, 0.2) is 0 Å². The monoisotopic (exact) mass is 156 g/mol. The first-order chi connectivity index (χ1) is 5.12. The Morgan fingerprint density at radius 1 is 1.55 bits per heavy atom. The molecule has 2 fully saturated rings. The van der Waals surface area contributed by atoms with Crippen molar-refractivity contribution in [3.8, 4) is 0 Å². The minimum atomic E-state index is -0.0618. The Labute approximate surface area is 67.3 Å². The van der Waals surface area contributed by atoms with Gasteiger partial charge in [-0.15, -0.1) is 0 Å². The minimum absolute atomic E-state index is 0.0618. The molecule has 0 aromatic carbocycles. The van der Waals surface area contributed by atoms with E-state index in [1.807, 2.05) is 0 Å². The summed E-state index contributed by atoms with van der Waals surface area (Å²) in [6, 6.07) is 0. The van der Waals surface area contributed by atoms with Crippen LogP contribution in [0.3, 0.4) is 0 Å². The second-order valence-corrected chi connectivity index (χ2v) is 4.07. The molecule has 2 rings (SSSR count). The van der Waals surface area contributed by atoms with Crippen molar-refractivity contribution in [3.63, 3.8) is 0 Å². The molecule has 2 unspecified atom stereocenters. The summed E-state index contributed by atoms with van der Waals surface area (Å²) in [7, 11) is 1.75. The molecule has 3 nitrogen and oxygen atoms in total. The highest BCUT2D eigenvalue weighted by molar-refractivity contribution is 5.17. The van der Waals surface area contributed by atoms with Crippen LogP contribution in [0, 0.1) is 5.41 Å². The van der Waals surface area contributed by atoms with Gasteiger partial charge in [0.2, 0.25) is 0 Å². The van der Waals surface area contributed by atoms with Crippen LogP contribution in [0.25, 0.3) is 0 Å². The molecule has 1 heterocycles. The summed E-state index contributed by atoms with van der Waals surface area (Å²) < 4.78 is 5.33. The molecule has 1 aliphatic heterocycles. The van der Waals surface area contributed by atoms with Gasteiger partial charge in [-0.05, 0) is 19.8 Å². The highest BCUT2D eigenvalue weighted by atomic mass is 16.5. The highest BCUT2D eigenvalue weighted by Crippen LogP contribution is 2.58. The van der Waals surface area contributed by atoms with Crippen LogP contribution in [0.4, 0.5) is 0 Å². The van der Waals surface area contributed by atoms with E-state index < -0.39 is 0 Å². The molecular formula is C8H16N2O. The van der Waals surface area contributed by atoms with Crippen LogP contribution in [0.2, 0.25) is 0 Å². The van der Waals surface area contributed by atoms with Gasteiger partial charge in [0.05, 0.1) is 0 Å². The summed E-state index contributed by atoms with van der Waals surface area (Å²) in [4.78, 5) is 0. The lowest BCUT2D eigenvalue weighted by Crippen LogP contribution is -2.47. The van der Waals surface area contributed by atoms with E-state index in [-0.39, 0.29) is 17.2 Å². The topological polar surface area (TPSA) is 47.3 Å².